The summed E-state index contributed by atoms with van der Waals surface area (Å²) in [6.45, 7) is 0. The molecule has 0 spiro atoms. The smallest absolute Gasteiger partial charge is 0.221 e. The third kappa shape index (κ3) is 1.98. The molecule has 2 N–H and O–H groups in total. The fourth-order valence-corrected chi connectivity index (χ4v) is 2.05. The van der Waals surface area contributed by atoms with Crippen molar-refractivity contribution in [3.63, 3.8) is 0 Å². The van der Waals surface area contributed by atoms with Crippen molar-refractivity contribution >= 4 is 16.9 Å². The third-order valence-electron chi connectivity index (χ3n) is 2.89. The van der Waals surface area contributed by atoms with Gasteiger partial charge in [0.2, 0.25) is 5.95 Å². The van der Waals surface area contributed by atoms with Gasteiger partial charge in [0.15, 0.2) is 0 Å². The van der Waals surface area contributed by atoms with Crippen LogP contribution in [0, 0.1) is 11.3 Å². The molecule has 0 saturated heterocycles. The lowest BCUT2D eigenvalue weighted by atomic mass is 10.0. The van der Waals surface area contributed by atoms with Crippen LogP contribution in [0.1, 0.15) is 5.56 Å². The zero-order valence-electron chi connectivity index (χ0n) is 10.0. The second kappa shape index (κ2) is 4.39. The molecule has 0 unspecified atom stereocenters. The van der Waals surface area contributed by atoms with E-state index in [0.29, 0.717) is 5.56 Å². The van der Waals surface area contributed by atoms with E-state index in [1.165, 1.54) is 0 Å². The minimum Gasteiger partial charge on any atom is -0.368 e. The van der Waals surface area contributed by atoms with Gasteiger partial charge in [-0.2, -0.15) is 5.26 Å². The van der Waals surface area contributed by atoms with Crippen LogP contribution in [0.4, 0.5) is 5.95 Å². The maximum absolute atomic E-state index is 8.97. The standard InChI is InChI=1S/C15H10N4/c16-9-10-4-3-5-11(8-10)14-12-6-1-2-7-13(12)18-15(17)19-14/h1-8H,(H2,17,18,19). The lowest BCUT2D eigenvalue weighted by molar-refractivity contribution is 1.24. The number of aromatic nitrogens is 2. The minimum atomic E-state index is 0.232. The first-order valence-corrected chi connectivity index (χ1v) is 5.81. The van der Waals surface area contributed by atoms with Gasteiger partial charge in [0.05, 0.1) is 22.8 Å². The monoisotopic (exact) mass is 246 g/mol. The van der Waals surface area contributed by atoms with Gasteiger partial charge >= 0.3 is 0 Å². The van der Waals surface area contributed by atoms with Gasteiger partial charge in [-0.25, -0.2) is 9.97 Å². The number of rotatable bonds is 1. The fourth-order valence-electron chi connectivity index (χ4n) is 2.05. The van der Waals surface area contributed by atoms with E-state index in [2.05, 4.69) is 16.0 Å². The van der Waals surface area contributed by atoms with Crippen LogP contribution < -0.4 is 5.73 Å². The van der Waals surface area contributed by atoms with Crippen molar-refractivity contribution in [2.45, 2.75) is 0 Å². The summed E-state index contributed by atoms with van der Waals surface area (Å²) in [4.78, 5) is 8.51. The molecule has 0 atom stereocenters. The molecule has 4 heteroatoms. The van der Waals surface area contributed by atoms with Crippen LogP contribution >= 0.6 is 0 Å². The maximum Gasteiger partial charge on any atom is 0.221 e. The Morgan fingerprint density at radius 3 is 2.68 bits per heavy atom. The van der Waals surface area contributed by atoms with Crippen molar-refractivity contribution in [1.29, 1.82) is 5.26 Å². The molecule has 90 valence electrons. The van der Waals surface area contributed by atoms with Crippen molar-refractivity contribution < 1.29 is 0 Å². The lowest BCUT2D eigenvalue weighted by Gasteiger charge is -2.06. The Morgan fingerprint density at radius 1 is 1.00 bits per heavy atom. The predicted octanol–water partition coefficient (Wildman–Crippen LogP) is 2.75. The van der Waals surface area contributed by atoms with Crippen LogP contribution in [0.2, 0.25) is 0 Å². The van der Waals surface area contributed by atoms with E-state index in [-0.39, 0.29) is 5.95 Å². The number of fused-ring (bicyclic) bond motifs is 1. The van der Waals surface area contributed by atoms with E-state index in [0.717, 1.165) is 22.2 Å². The van der Waals surface area contributed by atoms with Gasteiger partial charge in [0.1, 0.15) is 0 Å². The number of nitrogens with two attached hydrogens (primary N) is 1. The number of hydrogen-bond donors (Lipinski definition) is 1. The summed E-state index contributed by atoms with van der Waals surface area (Å²) < 4.78 is 0. The molecule has 0 aliphatic rings. The van der Waals surface area contributed by atoms with Gasteiger partial charge in [-0.05, 0) is 18.2 Å². The first kappa shape index (κ1) is 11.2. The Labute approximate surface area is 110 Å². The van der Waals surface area contributed by atoms with E-state index in [9.17, 15) is 0 Å². The molecule has 0 saturated carbocycles. The average molecular weight is 246 g/mol. The van der Waals surface area contributed by atoms with Crippen molar-refractivity contribution in [2.75, 3.05) is 5.73 Å². The van der Waals surface area contributed by atoms with Crippen LogP contribution in [-0.4, -0.2) is 9.97 Å². The van der Waals surface area contributed by atoms with Gasteiger partial charge in [0, 0.05) is 10.9 Å². The molecule has 1 aromatic heterocycles. The Kier molecular flexibility index (Phi) is 2.58. The molecule has 0 aliphatic heterocycles. The zero-order valence-corrected chi connectivity index (χ0v) is 10.0. The molecule has 19 heavy (non-hydrogen) atoms. The summed E-state index contributed by atoms with van der Waals surface area (Å²) in [6, 6.07) is 17.1. The zero-order chi connectivity index (χ0) is 13.2. The van der Waals surface area contributed by atoms with Gasteiger partial charge in [-0.15, -0.1) is 0 Å². The number of benzene rings is 2. The quantitative estimate of drug-likeness (QED) is 0.716. The summed E-state index contributed by atoms with van der Waals surface area (Å²) in [6.07, 6.45) is 0. The van der Waals surface area contributed by atoms with Crippen molar-refractivity contribution in [1.82, 2.24) is 9.97 Å². The predicted molar refractivity (Wildman–Crippen MR) is 74.1 cm³/mol. The highest BCUT2D eigenvalue weighted by Gasteiger charge is 2.08. The molecule has 2 aromatic carbocycles. The highest BCUT2D eigenvalue weighted by molar-refractivity contribution is 5.93. The van der Waals surface area contributed by atoms with Crippen LogP contribution in [0.15, 0.2) is 48.5 Å². The molecule has 3 rings (SSSR count). The SMILES string of the molecule is N#Cc1cccc(-c2nc(N)nc3ccccc23)c1. The third-order valence-corrected chi connectivity index (χ3v) is 2.89. The molecular weight excluding hydrogens is 236 g/mol. The number of hydrogen-bond acceptors (Lipinski definition) is 4. The van der Waals surface area contributed by atoms with Crippen LogP contribution in [0.25, 0.3) is 22.2 Å². The summed E-state index contributed by atoms with van der Waals surface area (Å²) in [7, 11) is 0. The van der Waals surface area contributed by atoms with E-state index in [1.54, 1.807) is 12.1 Å². The summed E-state index contributed by atoms with van der Waals surface area (Å²) in [5.41, 5.74) is 8.76. The van der Waals surface area contributed by atoms with E-state index in [4.69, 9.17) is 11.0 Å². The number of anilines is 1. The second-order valence-electron chi connectivity index (χ2n) is 4.14. The minimum absolute atomic E-state index is 0.232. The molecule has 0 fully saturated rings. The van der Waals surface area contributed by atoms with Crippen molar-refractivity contribution in [2.24, 2.45) is 0 Å². The molecule has 0 amide bonds. The largest absolute Gasteiger partial charge is 0.368 e. The summed E-state index contributed by atoms with van der Waals surface area (Å²) >= 11 is 0. The van der Waals surface area contributed by atoms with Gasteiger partial charge in [-0.3, -0.25) is 0 Å². The topological polar surface area (TPSA) is 75.6 Å². The lowest BCUT2D eigenvalue weighted by Crippen LogP contribution is -1.98. The molecular formula is C15H10N4. The Bertz CT molecular complexity index is 803. The number of nitrogens with zero attached hydrogens (tertiary/aromatic N) is 3. The maximum atomic E-state index is 8.97. The van der Waals surface area contributed by atoms with Crippen LogP contribution in [0.3, 0.4) is 0 Å². The molecule has 3 aromatic rings. The first-order chi connectivity index (χ1) is 9.28. The Hall–Kier alpha value is -2.93. The fraction of sp³-hybridized carbons (Fsp3) is 0. The van der Waals surface area contributed by atoms with Crippen molar-refractivity contribution in [3.05, 3.63) is 54.1 Å². The van der Waals surface area contributed by atoms with E-state index >= 15 is 0 Å². The number of nitrogen functional groups attached to an aromatic ring is 1. The normalized spacial score (nSPS) is 10.3. The Balaban J connectivity index is 2.32. The van der Waals surface area contributed by atoms with Gasteiger partial charge in [-0.1, -0.05) is 30.3 Å². The summed E-state index contributed by atoms with van der Waals surface area (Å²) in [5, 5.41) is 9.89. The molecule has 1 heterocycles. The summed E-state index contributed by atoms with van der Waals surface area (Å²) in [5.74, 6) is 0.232. The van der Waals surface area contributed by atoms with Crippen molar-refractivity contribution in [3.8, 4) is 17.3 Å². The first-order valence-electron chi connectivity index (χ1n) is 5.81. The highest BCUT2D eigenvalue weighted by Crippen LogP contribution is 2.26. The molecule has 0 bridgehead atoms. The number of para-hydroxylation sites is 1. The van der Waals surface area contributed by atoms with E-state index in [1.807, 2.05) is 36.4 Å². The molecule has 4 nitrogen and oxygen atoms in total. The van der Waals surface area contributed by atoms with E-state index < -0.39 is 0 Å². The highest BCUT2D eigenvalue weighted by atomic mass is 15.0. The average Bonchev–Trinajstić information content (AvgIpc) is 2.46. The number of nitriles is 1. The second-order valence-corrected chi connectivity index (χ2v) is 4.14. The Morgan fingerprint density at radius 2 is 1.84 bits per heavy atom. The van der Waals surface area contributed by atoms with Gasteiger partial charge in [0.25, 0.3) is 0 Å². The van der Waals surface area contributed by atoms with Crippen LogP contribution in [-0.2, 0) is 0 Å². The van der Waals surface area contributed by atoms with Gasteiger partial charge < -0.3 is 5.73 Å². The van der Waals surface area contributed by atoms with Crippen LogP contribution in [0.5, 0.6) is 0 Å². The molecule has 0 aliphatic carbocycles. The molecule has 0 radical (unpaired) electrons.